The van der Waals surface area contributed by atoms with E-state index in [9.17, 15) is 5.26 Å². The SMILES string of the molecule is CCCCCCOC1(C2(C#N)CCCCC2)CCCCC1. The zero-order valence-electron chi connectivity index (χ0n) is 14.0. The molecule has 0 spiro atoms. The van der Waals surface area contributed by atoms with Crippen molar-refractivity contribution in [3.05, 3.63) is 0 Å². The van der Waals surface area contributed by atoms with E-state index in [1.165, 1.54) is 57.8 Å². The lowest BCUT2D eigenvalue weighted by Crippen LogP contribution is -2.52. The molecule has 2 fully saturated rings. The summed E-state index contributed by atoms with van der Waals surface area (Å²) in [5, 5.41) is 9.97. The van der Waals surface area contributed by atoms with Gasteiger partial charge in [0.05, 0.1) is 17.1 Å². The van der Waals surface area contributed by atoms with Crippen LogP contribution in [0, 0.1) is 16.7 Å². The first-order valence-corrected chi connectivity index (χ1v) is 9.34. The molecule has 2 nitrogen and oxygen atoms in total. The third-order valence-corrected chi connectivity index (χ3v) is 5.83. The summed E-state index contributed by atoms with van der Waals surface area (Å²) in [7, 11) is 0. The van der Waals surface area contributed by atoms with Crippen LogP contribution in [0.2, 0.25) is 0 Å². The maximum absolute atomic E-state index is 9.97. The third-order valence-electron chi connectivity index (χ3n) is 5.83. The van der Waals surface area contributed by atoms with Crippen molar-refractivity contribution in [2.45, 2.75) is 102 Å². The summed E-state index contributed by atoms with van der Waals surface area (Å²) >= 11 is 0. The van der Waals surface area contributed by atoms with Gasteiger partial charge in [-0.05, 0) is 32.1 Å². The highest BCUT2D eigenvalue weighted by atomic mass is 16.5. The van der Waals surface area contributed by atoms with Gasteiger partial charge in [0, 0.05) is 6.61 Å². The molecule has 2 aliphatic rings. The van der Waals surface area contributed by atoms with Crippen molar-refractivity contribution in [2.75, 3.05) is 6.61 Å². The minimum atomic E-state index is -0.184. The molecule has 0 radical (unpaired) electrons. The molecular formula is C19H33NO. The van der Waals surface area contributed by atoms with Crippen LogP contribution in [-0.4, -0.2) is 12.2 Å². The second-order valence-electron chi connectivity index (χ2n) is 7.22. The number of rotatable bonds is 7. The summed E-state index contributed by atoms with van der Waals surface area (Å²) in [5.74, 6) is 0. The fourth-order valence-corrected chi connectivity index (χ4v) is 4.50. The van der Waals surface area contributed by atoms with Crippen LogP contribution in [0.25, 0.3) is 0 Å². The summed E-state index contributed by atoms with van der Waals surface area (Å²) < 4.78 is 6.53. The molecule has 21 heavy (non-hydrogen) atoms. The molecular weight excluding hydrogens is 258 g/mol. The zero-order chi connectivity index (χ0) is 15.0. The molecule has 0 aliphatic heterocycles. The van der Waals surface area contributed by atoms with Gasteiger partial charge < -0.3 is 4.74 Å². The van der Waals surface area contributed by atoms with E-state index in [2.05, 4.69) is 13.0 Å². The molecule has 120 valence electrons. The molecule has 0 saturated heterocycles. The van der Waals surface area contributed by atoms with Crippen LogP contribution in [0.15, 0.2) is 0 Å². The minimum absolute atomic E-state index is 0.118. The van der Waals surface area contributed by atoms with Crippen LogP contribution in [0.3, 0.4) is 0 Å². The molecule has 2 aliphatic carbocycles. The van der Waals surface area contributed by atoms with E-state index in [1.807, 2.05) is 0 Å². The molecule has 2 saturated carbocycles. The standard InChI is InChI=1S/C19H33NO/c1-2-3-4-11-16-21-19(14-9-6-10-15-19)18(17-20)12-7-5-8-13-18/h2-16H2,1H3. The first-order valence-electron chi connectivity index (χ1n) is 9.34. The van der Waals surface area contributed by atoms with Gasteiger partial charge in [0.1, 0.15) is 0 Å². The summed E-state index contributed by atoms with van der Waals surface area (Å²) in [6.07, 6.45) is 16.9. The Morgan fingerprint density at radius 1 is 0.857 bits per heavy atom. The smallest absolute Gasteiger partial charge is 0.0868 e. The lowest BCUT2D eigenvalue weighted by atomic mass is 9.59. The molecule has 0 amide bonds. The van der Waals surface area contributed by atoms with Gasteiger partial charge in [-0.1, -0.05) is 64.7 Å². The summed E-state index contributed by atoms with van der Waals surface area (Å²) in [5.41, 5.74) is -0.303. The monoisotopic (exact) mass is 291 g/mol. The van der Waals surface area contributed by atoms with Gasteiger partial charge in [-0.3, -0.25) is 0 Å². The molecule has 0 N–H and O–H groups in total. The van der Waals surface area contributed by atoms with Crippen LogP contribution in [0.5, 0.6) is 0 Å². The normalized spacial score (nSPS) is 24.4. The summed E-state index contributed by atoms with van der Waals surface area (Å²) in [6, 6.07) is 2.76. The van der Waals surface area contributed by atoms with Crippen molar-refractivity contribution in [1.29, 1.82) is 5.26 Å². The fourth-order valence-electron chi connectivity index (χ4n) is 4.50. The van der Waals surface area contributed by atoms with Gasteiger partial charge in [-0.2, -0.15) is 5.26 Å². The molecule has 0 aromatic heterocycles. The maximum Gasteiger partial charge on any atom is 0.0868 e. The Kier molecular flexibility index (Phi) is 6.55. The van der Waals surface area contributed by atoms with E-state index in [-0.39, 0.29) is 11.0 Å². The number of nitrogens with zero attached hydrogens (tertiary/aromatic N) is 1. The maximum atomic E-state index is 9.97. The van der Waals surface area contributed by atoms with E-state index in [0.717, 1.165) is 38.7 Å². The Labute approximate surface area is 131 Å². The third kappa shape index (κ3) is 3.81. The summed E-state index contributed by atoms with van der Waals surface area (Å²) in [4.78, 5) is 0. The first kappa shape index (κ1) is 16.8. The second kappa shape index (κ2) is 8.18. The number of ether oxygens (including phenoxy) is 1. The van der Waals surface area contributed by atoms with Gasteiger partial charge in [-0.25, -0.2) is 0 Å². The topological polar surface area (TPSA) is 33.0 Å². The highest BCUT2D eigenvalue weighted by molar-refractivity contribution is 5.14. The van der Waals surface area contributed by atoms with Crippen molar-refractivity contribution < 1.29 is 4.74 Å². The average Bonchev–Trinajstić information content (AvgIpc) is 2.56. The predicted octanol–water partition coefficient (Wildman–Crippen LogP) is 5.76. The van der Waals surface area contributed by atoms with E-state index < -0.39 is 0 Å². The number of nitriles is 1. The second-order valence-corrected chi connectivity index (χ2v) is 7.22. The van der Waals surface area contributed by atoms with Crippen molar-refractivity contribution >= 4 is 0 Å². The number of unbranched alkanes of at least 4 members (excludes halogenated alkanes) is 3. The number of hydrogen-bond acceptors (Lipinski definition) is 2. The Bertz CT molecular complexity index is 332. The van der Waals surface area contributed by atoms with E-state index >= 15 is 0 Å². The molecule has 0 bridgehead atoms. The van der Waals surface area contributed by atoms with E-state index in [1.54, 1.807) is 0 Å². The van der Waals surface area contributed by atoms with Crippen LogP contribution >= 0.6 is 0 Å². The van der Waals surface area contributed by atoms with Crippen molar-refractivity contribution in [1.82, 2.24) is 0 Å². The molecule has 2 rings (SSSR count). The molecule has 0 atom stereocenters. The lowest BCUT2D eigenvalue weighted by molar-refractivity contribution is -0.147. The summed E-state index contributed by atoms with van der Waals surface area (Å²) in [6.45, 7) is 3.11. The lowest BCUT2D eigenvalue weighted by Gasteiger charge is -2.50. The zero-order valence-corrected chi connectivity index (χ0v) is 14.0. The fraction of sp³-hybridized carbons (Fsp3) is 0.947. The Morgan fingerprint density at radius 3 is 2.05 bits per heavy atom. The highest BCUT2D eigenvalue weighted by Crippen LogP contribution is 2.52. The molecule has 0 unspecified atom stereocenters. The van der Waals surface area contributed by atoms with Crippen molar-refractivity contribution in [3.8, 4) is 6.07 Å². The van der Waals surface area contributed by atoms with Crippen LogP contribution in [0.4, 0.5) is 0 Å². The van der Waals surface area contributed by atoms with Gasteiger partial charge in [-0.15, -0.1) is 0 Å². The predicted molar refractivity (Wildman–Crippen MR) is 87.0 cm³/mol. The van der Waals surface area contributed by atoms with Crippen molar-refractivity contribution in [2.24, 2.45) is 5.41 Å². The van der Waals surface area contributed by atoms with E-state index in [4.69, 9.17) is 4.74 Å². The van der Waals surface area contributed by atoms with Crippen LogP contribution in [-0.2, 0) is 4.74 Å². The van der Waals surface area contributed by atoms with E-state index in [0.29, 0.717) is 0 Å². The van der Waals surface area contributed by atoms with Crippen molar-refractivity contribution in [3.63, 3.8) is 0 Å². The largest absolute Gasteiger partial charge is 0.373 e. The first-order chi connectivity index (χ1) is 10.3. The van der Waals surface area contributed by atoms with Gasteiger partial charge >= 0.3 is 0 Å². The Balaban J connectivity index is 2.03. The molecule has 0 aromatic rings. The molecule has 0 aromatic carbocycles. The van der Waals surface area contributed by atoms with Gasteiger partial charge in [0.2, 0.25) is 0 Å². The Morgan fingerprint density at radius 2 is 1.48 bits per heavy atom. The van der Waals surface area contributed by atoms with Gasteiger partial charge in [0.15, 0.2) is 0 Å². The van der Waals surface area contributed by atoms with Crippen LogP contribution < -0.4 is 0 Å². The quantitative estimate of drug-likeness (QED) is 0.559. The minimum Gasteiger partial charge on any atom is -0.373 e. The number of hydrogen-bond donors (Lipinski definition) is 0. The van der Waals surface area contributed by atoms with Crippen LogP contribution in [0.1, 0.15) is 96.8 Å². The highest BCUT2D eigenvalue weighted by Gasteiger charge is 2.53. The average molecular weight is 291 g/mol. The van der Waals surface area contributed by atoms with Gasteiger partial charge in [0.25, 0.3) is 0 Å². The Hall–Kier alpha value is -0.550. The molecule has 2 heteroatoms. The molecule has 0 heterocycles.